The predicted octanol–water partition coefficient (Wildman–Crippen LogP) is 5.15. The first kappa shape index (κ1) is 23.1. The molecule has 0 aliphatic heterocycles. The Morgan fingerprint density at radius 2 is 1.79 bits per heavy atom. The molecule has 0 aliphatic rings. The van der Waals surface area contributed by atoms with Gasteiger partial charge in [0.2, 0.25) is 0 Å². The summed E-state index contributed by atoms with van der Waals surface area (Å²) in [5, 5.41) is 5.20. The Labute approximate surface area is 171 Å². The molecule has 0 saturated heterocycles. The Morgan fingerprint density at radius 1 is 1.17 bits per heavy atom. The van der Waals surface area contributed by atoms with E-state index in [2.05, 4.69) is 5.10 Å². The van der Waals surface area contributed by atoms with Crippen LogP contribution in [0.5, 0.6) is 5.75 Å². The molecule has 0 unspecified atom stereocenters. The summed E-state index contributed by atoms with van der Waals surface area (Å²) >= 11 is 0. The number of Topliss-reactive ketones (excluding diaryl/α,β-unsaturated/α-hetero) is 1. The first-order chi connectivity index (χ1) is 13.5. The number of ketones is 1. The van der Waals surface area contributed by atoms with Crippen LogP contribution in [-0.4, -0.2) is 36.9 Å². The summed E-state index contributed by atoms with van der Waals surface area (Å²) in [6.07, 6.45) is 1.59. The first-order valence-corrected chi connectivity index (χ1v) is 10.7. The van der Waals surface area contributed by atoms with E-state index >= 15 is 0 Å². The van der Waals surface area contributed by atoms with Crippen LogP contribution in [0.1, 0.15) is 45.1 Å². The third-order valence-corrected chi connectivity index (χ3v) is 5.62. The van der Waals surface area contributed by atoms with Gasteiger partial charge in [-0.3, -0.25) is 13.8 Å². The lowest BCUT2D eigenvalue weighted by molar-refractivity contribution is 0.0935. The summed E-state index contributed by atoms with van der Waals surface area (Å²) in [5.41, 5.74) is 0.457. The molecule has 1 aromatic heterocycles. The number of nitrogens with zero attached hydrogens (tertiary/aromatic N) is 2. The molecule has 0 amide bonds. The molecule has 2 rings (SSSR count). The number of ether oxygens (including phenoxy) is 1. The van der Waals surface area contributed by atoms with E-state index in [1.54, 1.807) is 31.5 Å². The fraction of sp³-hybridized carbons (Fsp3) is 0.500. The first-order valence-electron chi connectivity index (χ1n) is 9.19. The molecule has 9 heteroatoms. The zero-order chi connectivity index (χ0) is 22.0. The van der Waals surface area contributed by atoms with Crippen molar-refractivity contribution in [3.8, 4) is 5.75 Å². The number of methoxy groups -OCH3 is 1. The van der Waals surface area contributed by atoms with Gasteiger partial charge in [-0.25, -0.2) is 9.25 Å². The molecule has 1 aromatic carbocycles. The maximum Gasteiger partial charge on any atom is 0.529 e. The number of phosphoric ester groups is 1. The number of fused-ring (bicyclic) bond motifs is 1. The van der Waals surface area contributed by atoms with Gasteiger partial charge in [-0.15, -0.1) is 0 Å². The number of allylic oxidation sites excluding steroid dienone is 1. The second-order valence-corrected chi connectivity index (χ2v) is 9.65. The molecule has 160 valence electrons. The second kappa shape index (κ2) is 8.69. The summed E-state index contributed by atoms with van der Waals surface area (Å²) < 4.78 is 34.9. The summed E-state index contributed by atoms with van der Waals surface area (Å²) in [5.74, 6) is 0.645. The molecule has 29 heavy (non-hydrogen) atoms. The summed E-state index contributed by atoms with van der Waals surface area (Å²) in [6, 6.07) is 5.36. The van der Waals surface area contributed by atoms with Crippen molar-refractivity contribution in [1.82, 2.24) is 9.78 Å². The molecule has 0 aliphatic carbocycles. The number of hydrogen-bond acceptors (Lipinski definition) is 7. The van der Waals surface area contributed by atoms with Crippen LogP contribution in [0, 0.1) is 11.3 Å². The topological polar surface area (TPSA) is 88.9 Å². The van der Waals surface area contributed by atoms with Crippen LogP contribution in [0.3, 0.4) is 0 Å². The normalized spacial score (nSPS) is 13.2. The molecule has 0 bridgehead atoms. The van der Waals surface area contributed by atoms with Crippen LogP contribution >= 0.6 is 7.82 Å². The number of aromatic nitrogens is 2. The maximum atomic E-state index is 12.7. The van der Waals surface area contributed by atoms with Gasteiger partial charge < -0.3 is 9.26 Å². The van der Waals surface area contributed by atoms with E-state index in [9.17, 15) is 9.36 Å². The van der Waals surface area contributed by atoms with Gasteiger partial charge >= 0.3 is 7.82 Å². The second-order valence-electron chi connectivity index (χ2n) is 7.84. The van der Waals surface area contributed by atoms with Gasteiger partial charge in [-0.1, -0.05) is 34.6 Å². The summed E-state index contributed by atoms with van der Waals surface area (Å²) in [4.78, 5) is 12.7. The highest BCUT2D eigenvalue weighted by molar-refractivity contribution is 7.48. The minimum Gasteiger partial charge on any atom is -0.497 e. The lowest BCUT2D eigenvalue weighted by Gasteiger charge is -2.25. The highest BCUT2D eigenvalue weighted by Gasteiger charge is 2.32. The van der Waals surface area contributed by atoms with Gasteiger partial charge in [0.15, 0.2) is 5.78 Å². The van der Waals surface area contributed by atoms with Crippen molar-refractivity contribution in [2.45, 2.75) is 34.6 Å². The van der Waals surface area contributed by atoms with Crippen molar-refractivity contribution in [3.63, 3.8) is 0 Å². The van der Waals surface area contributed by atoms with Gasteiger partial charge in [0.05, 0.1) is 18.8 Å². The van der Waals surface area contributed by atoms with E-state index in [1.807, 2.05) is 34.6 Å². The Hall–Kier alpha value is -2.15. The zero-order valence-corrected chi connectivity index (χ0v) is 19.1. The lowest BCUT2D eigenvalue weighted by Crippen LogP contribution is -2.14. The average Bonchev–Trinajstić information content (AvgIpc) is 3.03. The predicted molar refractivity (Wildman–Crippen MR) is 112 cm³/mol. The number of phosphoric acid groups is 1. The van der Waals surface area contributed by atoms with E-state index in [4.69, 9.17) is 18.3 Å². The fourth-order valence-corrected chi connectivity index (χ4v) is 3.39. The van der Waals surface area contributed by atoms with Crippen molar-refractivity contribution < 1.29 is 27.7 Å². The summed E-state index contributed by atoms with van der Waals surface area (Å²) in [6.45, 7) is 9.32. The van der Waals surface area contributed by atoms with E-state index in [-0.39, 0.29) is 11.7 Å². The third kappa shape index (κ3) is 5.07. The fourth-order valence-electron chi connectivity index (χ4n) is 2.53. The van der Waals surface area contributed by atoms with E-state index < -0.39 is 13.2 Å². The van der Waals surface area contributed by atoms with E-state index in [1.165, 1.54) is 18.9 Å². The molecular weight excluding hydrogens is 395 g/mol. The highest BCUT2D eigenvalue weighted by Crippen LogP contribution is 2.52. The Balaban J connectivity index is 2.73. The minimum absolute atomic E-state index is 0.0787. The number of hydrogen-bond donors (Lipinski definition) is 0. The smallest absolute Gasteiger partial charge is 0.497 e. The standard InChI is InChI=1S/C20H29N2O6P/c1-13(2)19(23)18-15-10-9-14(25-6)11-16(15)22(21-18)12-17(20(3,4)5)28-29(24,26-7)27-8/h9-13H,1-8H3. The monoisotopic (exact) mass is 424 g/mol. The number of benzene rings is 1. The molecule has 0 spiro atoms. The highest BCUT2D eigenvalue weighted by atomic mass is 31.2. The molecule has 0 N–H and O–H groups in total. The van der Waals surface area contributed by atoms with Crippen molar-refractivity contribution in [1.29, 1.82) is 0 Å². The molecule has 8 nitrogen and oxygen atoms in total. The van der Waals surface area contributed by atoms with E-state index in [0.29, 0.717) is 28.1 Å². The largest absolute Gasteiger partial charge is 0.529 e. The van der Waals surface area contributed by atoms with Gasteiger partial charge in [-0.2, -0.15) is 5.10 Å². The van der Waals surface area contributed by atoms with E-state index in [0.717, 1.165) is 0 Å². The molecule has 0 atom stereocenters. The molecule has 0 saturated carbocycles. The Bertz CT molecular complexity index is 963. The SMILES string of the molecule is COc1ccc2c(C(=O)C(C)C)nn(C=C(OP(=O)(OC)OC)C(C)(C)C)c2c1. The minimum atomic E-state index is -3.78. The maximum absolute atomic E-state index is 12.7. The lowest BCUT2D eigenvalue weighted by atomic mass is 9.94. The summed E-state index contributed by atoms with van der Waals surface area (Å²) in [7, 11) is 0.285. The Kier molecular flexibility index (Phi) is 6.93. The molecule has 2 aromatic rings. The molecule has 1 heterocycles. The third-order valence-electron chi connectivity index (χ3n) is 4.31. The van der Waals surface area contributed by atoms with Crippen molar-refractivity contribution >= 4 is 30.7 Å². The van der Waals surface area contributed by atoms with Crippen LogP contribution < -0.4 is 4.74 Å². The molecule has 0 radical (unpaired) electrons. The molecule has 0 fully saturated rings. The zero-order valence-electron chi connectivity index (χ0n) is 18.2. The molecular formula is C20H29N2O6P. The number of rotatable bonds is 8. The van der Waals surface area contributed by atoms with Gasteiger partial charge in [-0.05, 0) is 12.1 Å². The van der Waals surface area contributed by atoms with Crippen molar-refractivity contribution in [2.75, 3.05) is 21.3 Å². The van der Waals surface area contributed by atoms with Crippen LogP contribution in [0.4, 0.5) is 0 Å². The quantitative estimate of drug-likeness (QED) is 0.329. The number of carbonyl (C=O) groups excluding carboxylic acids is 1. The van der Waals surface area contributed by atoms with Crippen LogP contribution in [0.2, 0.25) is 0 Å². The van der Waals surface area contributed by atoms with Crippen LogP contribution in [-0.2, 0) is 18.1 Å². The van der Waals surface area contributed by atoms with Gasteiger partial charge in [0.1, 0.15) is 17.2 Å². The van der Waals surface area contributed by atoms with Crippen molar-refractivity contribution in [3.05, 3.63) is 29.7 Å². The Morgan fingerprint density at radius 3 is 2.28 bits per heavy atom. The van der Waals surface area contributed by atoms with Crippen LogP contribution in [0.15, 0.2) is 24.0 Å². The average molecular weight is 424 g/mol. The van der Waals surface area contributed by atoms with Gasteiger partial charge in [0, 0.05) is 37.0 Å². The van der Waals surface area contributed by atoms with Crippen molar-refractivity contribution in [2.24, 2.45) is 11.3 Å². The van der Waals surface area contributed by atoms with Crippen LogP contribution in [0.25, 0.3) is 17.1 Å². The van der Waals surface area contributed by atoms with Gasteiger partial charge in [0.25, 0.3) is 0 Å². The number of carbonyl (C=O) groups is 1.